The number of rotatable bonds is 7. The fraction of sp³-hybridized carbons (Fsp3) is 0.0192. The first-order chi connectivity index (χ1) is 53.1. The molecule has 0 N–H and O–H groups in total. The molecule has 4 aliphatic carbocycles. The zero-order valence-corrected chi connectivity index (χ0v) is 58.1. The van der Waals surface area contributed by atoms with Crippen molar-refractivity contribution in [2.45, 2.75) is 10.8 Å². The molecule has 0 bridgehead atoms. The number of fused-ring (bicyclic) bond motifs is 31. The van der Waals surface area contributed by atoms with E-state index in [1.165, 1.54) is 144 Å². The third-order valence-electron chi connectivity index (χ3n) is 24.5. The highest BCUT2D eigenvalue weighted by molar-refractivity contribution is 6.20. The summed E-state index contributed by atoms with van der Waals surface area (Å²) in [5.74, 6) is 0. The third kappa shape index (κ3) is 7.83. The molecule has 0 saturated carbocycles. The summed E-state index contributed by atoms with van der Waals surface area (Å²) in [5, 5.41) is 7.08. The summed E-state index contributed by atoms with van der Waals surface area (Å²) in [4.78, 5) is 0. The Kier molecular flexibility index (Phi) is 12.0. The van der Waals surface area contributed by atoms with E-state index in [0.717, 1.165) is 77.7 Å². The lowest BCUT2D eigenvalue weighted by atomic mass is 9.70. The first-order valence-corrected chi connectivity index (χ1v) is 37.3. The maximum absolute atomic E-state index is 6.66. The van der Waals surface area contributed by atoms with Gasteiger partial charge in [0.05, 0.1) is 32.9 Å². The Balaban J connectivity index is 0.740. The van der Waals surface area contributed by atoms with Crippen LogP contribution in [-0.4, -0.2) is 9.13 Å². The van der Waals surface area contributed by atoms with E-state index in [2.05, 4.69) is 385 Å². The SMILES string of the molecule is c1ccc(-c2cc(-c3ccccc3)cc(-c3cccc(-n4c5ccc(-c6ccc7c(c6)c6ccc8c(c6n7-c6ccc(-c7cccc9c7oc7ccccc79)cc6)-c6ccccc6C86c7ccccc7-c7ccccc76)cc5c5ccc6c(c54)-c4ccccc4C64c5ccccc5-c5ccccc54)c3)c2)cc1. The van der Waals surface area contributed by atoms with Crippen molar-refractivity contribution >= 4 is 65.6 Å². The number of aromatic nitrogens is 2. The van der Waals surface area contributed by atoms with Crippen molar-refractivity contribution in [1.82, 2.24) is 9.13 Å². The minimum absolute atomic E-state index is 0.515. The van der Waals surface area contributed by atoms with Gasteiger partial charge in [0.25, 0.3) is 0 Å². The molecule has 24 rings (SSSR count). The van der Waals surface area contributed by atoms with Crippen LogP contribution in [0.25, 0.3) is 177 Å². The van der Waals surface area contributed by atoms with E-state index in [1.807, 2.05) is 0 Å². The molecule has 0 saturated heterocycles. The van der Waals surface area contributed by atoms with Crippen LogP contribution in [0.3, 0.4) is 0 Å². The second-order valence-corrected chi connectivity index (χ2v) is 29.6. The smallest absolute Gasteiger partial charge is 0.143 e. The predicted octanol–water partition coefficient (Wildman–Crippen LogP) is 26.8. The number of hydrogen-bond donors (Lipinski definition) is 0. The molecule has 0 atom stereocenters. The van der Waals surface area contributed by atoms with E-state index in [1.54, 1.807) is 0 Å². The van der Waals surface area contributed by atoms with Gasteiger partial charge in [-0.3, -0.25) is 0 Å². The van der Waals surface area contributed by atoms with Gasteiger partial charge < -0.3 is 13.6 Å². The van der Waals surface area contributed by atoms with Gasteiger partial charge in [0, 0.05) is 60.4 Å². The van der Waals surface area contributed by atoms with E-state index < -0.39 is 10.8 Å². The van der Waals surface area contributed by atoms with Crippen molar-refractivity contribution < 1.29 is 4.42 Å². The van der Waals surface area contributed by atoms with Gasteiger partial charge in [0.2, 0.25) is 0 Å². The summed E-state index contributed by atoms with van der Waals surface area (Å²) < 4.78 is 11.8. The van der Waals surface area contributed by atoms with Crippen LogP contribution in [0.4, 0.5) is 0 Å². The molecule has 494 valence electrons. The monoisotopic (exact) mass is 1350 g/mol. The van der Waals surface area contributed by atoms with E-state index in [0.29, 0.717) is 0 Å². The summed E-state index contributed by atoms with van der Waals surface area (Å²) >= 11 is 0. The summed E-state index contributed by atoms with van der Waals surface area (Å²) in [7, 11) is 0. The second kappa shape index (κ2) is 21.9. The number of benzene rings is 17. The standard InChI is InChI=1S/C104H62N2O/c1-3-23-63(24-4-1)69-57-70(64-25-5-2-6-26-64)59-71(58-69)66-27-21-28-73(60-66)106-96-56-48-68(62-86(96)81-52-54-94-99(101(81)106)84-35-12-19-43-92(84)104(94)89-40-16-9-31-77(89)78-32-10-17-41-90(78)104)67-47-55-95-85(61-67)80-51-53-93-98(83-34-11-18-42-91(83)103(93)87-38-14-7-29-75(87)76-30-8-15-39-88(76)103)100(80)105(95)72-49-45-65(46-50-72)74-36-22-37-82-79-33-13-20-44-97(79)107-102(74)82/h1-62H. The molecule has 3 aromatic heterocycles. The van der Waals surface area contributed by atoms with E-state index in [-0.39, 0.29) is 0 Å². The van der Waals surface area contributed by atoms with Crippen molar-refractivity contribution in [2.24, 2.45) is 0 Å². The predicted molar refractivity (Wildman–Crippen MR) is 442 cm³/mol. The zero-order chi connectivity index (χ0) is 69.8. The maximum atomic E-state index is 6.66. The lowest BCUT2D eigenvalue weighted by molar-refractivity contribution is 0.670. The van der Waals surface area contributed by atoms with Gasteiger partial charge in [-0.1, -0.05) is 303 Å². The minimum Gasteiger partial charge on any atom is -0.455 e. The Morgan fingerprint density at radius 3 is 1.07 bits per heavy atom. The third-order valence-corrected chi connectivity index (χ3v) is 24.5. The minimum atomic E-state index is -0.525. The van der Waals surface area contributed by atoms with Crippen LogP contribution < -0.4 is 0 Å². The number of hydrogen-bond acceptors (Lipinski definition) is 1. The normalized spacial score (nSPS) is 13.6. The molecule has 0 unspecified atom stereocenters. The topological polar surface area (TPSA) is 23.0 Å². The van der Waals surface area contributed by atoms with Crippen molar-refractivity contribution in [3.63, 3.8) is 0 Å². The average Bonchev–Trinajstić information content (AvgIpc) is 1.50. The van der Waals surface area contributed by atoms with Crippen molar-refractivity contribution in [3.8, 4) is 112 Å². The molecule has 3 heteroatoms. The average molecular weight is 1360 g/mol. The molecule has 17 aromatic carbocycles. The Labute approximate surface area is 618 Å². The molecule has 0 radical (unpaired) electrons. The summed E-state index contributed by atoms with van der Waals surface area (Å²) in [6.45, 7) is 0. The molecular weight excluding hydrogens is 1290 g/mol. The largest absolute Gasteiger partial charge is 0.455 e. The van der Waals surface area contributed by atoms with Gasteiger partial charge in [0.15, 0.2) is 0 Å². The zero-order valence-electron chi connectivity index (χ0n) is 58.1. The Hall–Kier alpha value is -13.9. The van der Waals surface area contributed by atoms with E-state index in [9.17, 15) is 0 Å². The van der Waals surface area contributed by atoms with Crippen LogP contribution in [0.1, 0.15) is 44.5 Å². The van der Waals surface area contributed by atoms with Crippen LogP contribution >= 0.6 is 0 Å². The molecule has 3 nitrogen and oxygen atoms in total. The molecule has 2 spiro atoms. The Morgan fingerprint density at radius 2 is 0.570 bits per heavy atom. The van der Waals surface area contributed by atoms with Crippen molar-refractivity contribution in [2.75, 3.05) is 0 Å². The van der Waals surface area contributed by atoms with Crippen LogP contribution in [0.15, 0.2) is 381 Å². The molecule has 107 heavy (non-hydrogen) atoms. The van der Waals surface area contributed by atoms with E-state index in [4.69, 9.17) is 4.42 Å². The highest BCUT2D eigenvalue weighted by atomic mass is 16.3. The molecule has 20 aromatic rings. The fourth-order valence-corrected chi connectivity index (χ4v) is 20.2. The summed E-state index contributed by atoms with van der Waals surface area (Å²) in [6.07, 6.45) is 0. The molecular formula is C104H62N2O. The van der Waals surface area contributed by atoms with Gasteiger partial charge in [-0.2, -0.15) is 0 Å². The van der Waals surface area contributed by atoms with Crippen LogP contribution in [0, 0.1) is 0 Å². The summed E-state index contributed by atoms with van der Waals surface area (Å²) in [5.41, 5.74) is 40.1. The molecule has 4 aliphatic rings. The quantitative estimate of drug-likeness (QED) is 0.156. The van der Waals surface area contributed by atoms with Gasteiger partial charge in [-0.05, 0) is 201 Å². The van der Waals surface area contributed by atoms with Crippen LogP contribution in [0.2, 0.25) is 0 Å². The number of nitrogens with zero attached hydrogens (tertiary/aromatic N) is 2. The molecule has 0 amide bonds. The highest BCUT2D eigenvalue weighted by Gasteiger charge is 2.54. The number of para-hydroxylation sites is 2. The Morgan fingerprint density at radius 1 is 0.196 bits per heavy atom. The van der Waals surface area contributed by atoms with Gasteiger partial charge >= 0.3 is 0 Å². The van der Waals surface area contributed by atoms with Crippen LogP contribution in [-0.2, 0) is 10.8 Å². The lowest BCUT2D eigenvalue weighted by Gasteiger charge is -2.30. The van der Waals surface area contributed by atoms with E-state index >= 15 is 0 Å². The maximum Gasteiger partial charge on any atom is 0.143 e. The fourth-order valence-electron chi connectivity index (χ4n) is 20.2. The van der Waals surface area contributed by atoms with Crippen molar-refractivity contribution in [1.29, 1.82) is 0 Å². The van der Waals surface area contributed by atoms with Crippen molar-refractivity contribution in [3.05, 3.63) is 421 Å². The lowest BCUT2D eigenvalue weighted by Crippen LogP contribution is -2.25. The molecule has 0 fully saturated rings. The van der Waals surface area contributed by atoms with Gasteiger partial charge in [0.1, 0.15) is 11.2 Å². The highest BCUT2D eigenvalue weighted by Crippen LogP contribution is 2.66. The molecule has 3 heterocycles. The van der Waals surface area contributed by atoms with Gasteiger partial charge in [-0.25, -0.2) is 0 Å². The van der Waals surface area contributed by atoms with Gasteiger partial charge in [-0.15, -0.1) is 0 Å². The first kappa shape index (κ1) is 58.6. The first-order valence-electron chi connectivity index (χ1n) is 37.3. The number of furan rings is 1. The van der Waals surface area contributed by atoms with Crippen LogP contribution in [0.5, 0.6) is 0 Å². The summed E-state index contributed by atoms with van der Waals surface area (Å²) in [6, 6.07) is 142. The second-order valence-electron chi connectivity index (χ2n) is 29.6. The molecule has 0 aliphatic heterocycles. The Bertz CT molecular complexity index is 7090.